The Kier molecular flexibility index (Phi) is 6.53. The Hall–Kier alpha value is -4.41. The monoisotopic (exact) mass is 662 g/mol. The molecule has 3 aromatic carbocycles. The summed E-state index contributed by atoms with van der Waals surface area (Å²) < 4.78 is 89.1. The van der Waals surface area contributed by atoms with Crippen LogP contribution in [0, 0.1) is 35.6 Å². The quantitative estimate of drug-likeness (QED) is 0.133. The van der Waals surface area contributed by atoms with Gasteiger partial charge in [-0.1, -0.05) is 5.92 Å². The van der Waals surface area contributed by atoms with Crippen molar-refractivity contribution in [1.82, 2.24) is 20.2 Å². The fraction of sp³-hybridized carbons (Fsp3) is 0.429. The van der Waals surface area contributed by atoms with Gasteiger partial charge in [0.05, 0.1) is 22.5 Å². The number of nitrogens with two attached hydrogens (primary N) is 1. The number of hydrogen-bond acceptors (Lipinski definition) is 8. The van der Waals surface area contributed by atoms with E-state index in [1.807, 2.05) is 0 Å². The van der Waals surface area contributed by atoms with Crippen LogP contribution in [0.25, 0.3) is 32.8 Å². The van der Waals surface area contributed by atoms with Crippen molar-refractivity contribution in [1.29, 1.82) is 0 Å². The number of ether oxygens (including phenoxy) is 2. The van der Waals surface area contributed by atoms with Crippen molar-refractivity contribution in [2.45, 2.75) is 61.9 Å². The zero-order valence-electron chi connectivity index (χ0n) is 25.8. The molecule has 0 spiro atoms. The first-order valence-electron chi connectivity index (χ1n) is 16.2. The third kappa shape index (κ3) is 4.21. The van der Waals surface area contributed by atoms with E-state index in [1.54, 1.807) is 0 Å². The van der Waals surface area contributed by atoms with Crippen molar-refractivity contribution in [2.75, 3.05) is 43.5 Å². The number of nitrogen functional groups attached to an aromatic ring is 1. The summed E-state index contributed by atoms with van der Waals surface area (Å²) in [6.07, 6.45) is 8.57. The van der Waals surface area contributed by atoms with Crippen molar-refractivity contribution >= 4 is 33.2 Å². The summed E-state index contributed by atoms with van der Waals surface area (Å²) in [4.78, 5) is 13.6. The van der Waals surface area contributed by atoms with Gasteiger partial charge in [0.15, 0.2) is 23.3 Å². The second-order valence-corrected chi connectivity index (χ2v) is 13.7. The number of terminal acetylenes is 1. The van der Waals surface area contributed by atoms with Crippen LogP contribution in [0.5, 0.6) is 11.8 Å². The van der Waals surface area contributed by atoms with E-state index in [0.717, 1.165) is 38.3 Å². The summed E-state index contributed by atoms with van der Waals surface area (Å²) in [7, 11) is 0. The van der Waals surface area contributed by atoms with Crippen LogP contribution in [-0.4, -0.2) is 77.6 Å². The molecule has 9 rings (SSSR count). The highest BCUT2D eigenvalue weighted by atomic mass is 19.2. The molecule has 0 aliphatic carbocycles. The number of halogens is 5. The van der Waals surface area contributed by atoms with E-state index in [1.165, 1.54) is 12.1 Å². The van der Waals surface area contributed by atoms with Crippen LogP contribution in [0.2, 0.25) is 0 Å². The Morgan fingerprint density at radius 1 is 1.04 bits per heavy atom. The number of alkyl halides is 1. The molecule has 48 heavy (non-hydrogen) atoms. The molecular weight excluding hydrogens is 631 g/mol. The van der Waals surface area contributed by atoms with E-state index in [-0.39, 0.29) is 70.8 Å². The largest absolute Gasteiger partial charge is 0.491 e. The van der Waals surface area contributed by atoms with Crippen molar-refractivity contribution in [3.8, 4) is 35.2 Å². The predicted octanol–water partition coefficient (Wildman–Crippen LogP) is 5.23. The van der Waals surface area contributed by atoms with Crippen LogP contribution in [0.1, 0.15) is 37.7 Å². The van der Waals surface area contributed by atoms with Crippen molar-refractivity contribution in [3.05, 3.63) is 47.0 Å². The van der Waals surface area contributed by atoms with Crippen LogP contribution in [0.3, 0.4) is 0 Å². The second-order valence-electron chi connectivity index (χ2n) is 13.7. The first-order chi connectivity index (χ1) is 23.2. The molecule has 1 aromatic heterocycles. The summed E-state index contributed by atoms with van der Waals surface area (Å²) in [5, 5.41) is 3.36. The molecule has 0 amide bonds. The van der Waals surface area contributed by atoms with Crippen LogP contribution in [0.4, 0.5) is 33.5 Å². The molecule has 6 heterocycles. The van der Waals surface area contributed by atoms with E-state index >= 15 is 13.2 Å². The lowest BCUT2D eigenvalue weighted by Crippen LogP contribution is -2.60. The van der Waals surface area contributed by atoms with Crippen molar-refractivity contribution in [2.24, 2.45) is 0 Å². The van der Waals surface area contributed by atoms with Gasteiger partial charge in [-0.25, -0.2) is 22.0 Å². The molecule has 0 radical (unpaired) electrons. The first kappa shape index (κ1) is 29.7. The maximum absolute atomic E-state index is 17.1. The Labute approximate surface area is 272 Å². The summed E-state index contributed by atoms with van der Waals surface area (Å²) >= 11 is 0. The summed E-state index contributed by atoms with van der Waals surface area (Å²) in [6.45, 7) is 2.10. The SMILES string of the molecule is C#Cc1c(F)c(F)c(F)c2cc(N)cc(-c3cc4c5c(nc(OC[C@@]67CCCN6C[C@H](F)C7)nc5c3F)N3C[C@H]5CC[C@H](N5)[C@@H]3CO4)c12. The Bertz CT molecular complexity index is 2090. The number of hydrogen-bond donors (Lipinski definition) is 2. The average Bonchev–Trinajstić information content (AvgIpc) is 3.71. The predicted molar refractivity (Wildman–Crippen MR) is 170 cm³/mol. The second kappa shape index (κ2) is 10.5. The number of benzene rings is 3. The topological polar surface area (TPSA) is 88.8 Å². The summed E-state index contributed by atoms with van der Waals surface area (Å²) in [5.74, 6) is -2.84. The van der Waals surface area contributed by atoms with E-state index in [2.05, 4.69) is 26.0 Å². The van der Waals surface area contributed by atoms with Gasteiger partial charge in [-0.3, -0.25) is 4.90 Å². The van der Waals surface area contributed by atoms with Gasteiger partial charge < -0.3 is 25.4 Å². The summed E-state index contributed by atoms with van der Waals surface area (Å²) in [5.41, 5.74) is 4.69. The van der Waals surface area contributed by atoms with Crippen LogP contribution in [0.15, 0.2) is 18.2 Å². The highest BCUT2D eigenvalue weighted by molar-refractivity contribution is 6.06. The van der Waals surface area contributed by atoms with Gasteiger partial charge in [0.1, 0.15) is 36.5 Å². The molecule has 5 aliphatic rings. The van der Waals surface area contributed by atoms with Crippen LogP contribution in [-0.2, 0) is 0 Å². The molecule has 4 saturated heterocycles. The lowest BCUT2D eigenvalue weighted by molar-refractivity contribution is 0.107. The highest BCUT2D eigenvalue weighted by Gasteiger charge is 2.50. The Morgan fingerprint density at radius 2 is 1.90 bits per heavy atom. The number of nitrogens with one attached hydrogen (secondary N) is 1. The summed E-state index contributed by atoms with van der Waals surface area (Å²) in [6, 6.07) is 4.01. The highest BCUT2D eigenvalue weighted by Crippen LogP contribution is 2.47. The van der Waals surface area contributed by atoms with Gasteiger partial charge in [0.2, 0.25) is 0 Å². The van der Waals surface area contributed by atoms with Crippen molar-refractivity contribution in [3.63, 3.8) is 0 Å². The molecular formula is C35H31F5N6O2. The number of anilines is 2. The molecule has 5 atom stereocenters. The molecule has 5 aliphatic heterocycles. The van der Waals surface area contributed by atoms with E-state index in [4.69, 9.17) is 26.6 Å². The molecule has 8 nitrogen and oxygen atoms in total. The third-order valence-corrected chi connectivity index (χ3v) is 11.0. The number of fused-ring (bicyclic) bond motifs is 7. The minimum Gasteiger partial charge on any atom is -0.491 e. The first-order valence-corrected chi connectivity index (χ1v) is 16.2. The van der Waals surface area contributed by atoms with E-state index in [0.29, 0.717) is 30.7 Å². The number of aromatic nitrogens is 2. The minimum atomic E-state index is -1.75. The molecule has 4 fully saturated rings. The molecule has 2 bridgehead atoms. The number of piperazine rings is 1. The average molecular weight is 663 g/mol. The molecule has 13 heteroatoms. The normalized spacial score (nSPS) is 27.5. The van der Waals surface area contributed by atoms with Gasteiger partial charge in [0.25, 0.3) is 0 Å². The fourth-order valence-corrected chi connectivity index (χ4v) is 8.84. The zero-order valence-corrected chi connectivity index (χ0v) is 25.8. The third-order valence-electron chi connectivity index (χ3n) is 11.0. The van der Waals surface area contributed by atoms with Gasteiger partial charge in [-0.05, 0) is 56.0 Å². The number of rotatable bonds is 4. The Morgan fingerprint density at radius 3 is 2.73 bits per heavy atom. The zero-order chi connectivity index (χ0) is 33.1. The number of nitrogens with zero attached hydrogens (tertiary/aromatic N) is 4. The van der Waals surface area contributed by atoms with Gasteiger partial charge in [0, 0.05) is 53.6 Å². The smallest absolute Gasteiger partial charge is 0.319 e. The maximum Gasteiger partial charge on any atom is 0.319 e. The maximum atomic E-state index is 17.1. The van der Waals surface area contributed by atoms with Crippen LogP contribution >= 0.6 is 0 Å². The van der Waals surface area contributed by atoms with Gasteiger partial charge in [-0.2, -0.15) is 9.97 Å². The fourth-order valence-electron chi connectivity index (χ4n) is 8.84. The molecule has 248 valence electrons. The molecule has 0 saturated carbocycles. The molecule has 0 unspecified atom stereocenters. The van der Waals surface area contributed by atoms with Gasteiger partial charge in [-0.15, -0.1) is 6.42 Å². The van der Waals surface area contributed by atoms with Crippen molar-refractivity contribution < 1.29 is 31.4 Å². The molecule has 4 aromatic rings. The minimum absolute atomic E-state index is 0.0219. The molecule has 3 N–H and O–H groups in total. The van der Waals surface area contributed by atoms with Gasteiger partial charge >= 0.3 is 6.01 Å². The van der Waals surface area contributed by atoms with E-state index in [9.17, 15) is 8.78 Å². The van der Waals surface area contributed by atoms with Crippen LogP contribution < -0.4 is 25.4 Å². The standard InChI is InChI=1S/C35H31F5N6O2/c1-2-19-26-20(8-17(41)9-22(26)29(38)31(40)28(19)37)21-10-25-27-32(30(21)39)43-34(48-15-35-6-3-7-45(35)12-16(36)11-35)44-33(27)46-13-18-4-5-23(42-18)24(46)14-47-25/h1,8-10,16,18,23-24,42H,3-7,11-15,41H2/t16-,18-,23+,24+,35+/m1/s1. The lowest BCUT2D eigenvalue weighted by atomic mass is 9.92. The van der Waals surface area contributed by atoms with E-state index < -0.39 is 45.9 Å². The Balaban J connectivity index is 1.26. The lowest BCUT2D eigenvalue weighted by Gasteiger charge is -2.40.